The van der Waals surface area contributed by atoms with Gasteiger partial charge in [0.1, 0.15) is 6.10 Å². The molecule has 5 unspecified atom stereocenters. The van der Waals surface area contributed by atoms with Gasteiger partial charge in [0.2, 0.25) is 0 Å². The summed E-state index contributed by atoms with van der Waals surface area (Å²) in [5.41, 5.74) is -29.5. The lowest BCUT2D eigenvalue weighted by Gasteiger charge is -2.49. The molecule has 2 aliphatic rings. The molecule has 0 bridgehead atoms. The largest absolute Gasteiger partial charge is 0.459 e. The number of halogens is 27. The highest BCUT2D eigenvalue weighted by Gasteiger charge is 2.80. The highest BCUT2D eigenvalue weighted by molar-refractivity contribution is 5.89. The van der Waals surface area contributed by atoms with Crippen molar-refractivity contribution in [1.29, 1.82) is 0 Å². The fraction of sp³-hybridized carbons (Fsp3) is 0.906. The number of rotatable bonds is 10. The van der Waals surface area contributed by atoms with E-state index in [0.717, 1.165) is 0 Å². The second-order valence-electron chi connectivity index (χ2n) is 15.7. The van der Waals surface area contributed by atoms with E-state index in [9.17, 15) is 144 Å². The second kappa shape index (κ2) is 17.8. The molecule has 0 aromatic carbocycles. The van der Waals surface area contributed by atoms with Crippen molar-refractivity contribution in [2.24, 2.45) is 23.7 Å². The molecule has 5 atom stereocenters. The van der Waals surface area contributed by atoms with Crippen LogP contribution in [0.1, 0.15) is 58.8 Å². The molecule has 0 amide bonds. The minimum atomic E-state index is -7.05. The van der Waals surface area contributed by atoms with E-state index in [4.69, 9.17) is 4.74 Å². The van der Waals surface area contributed by atoms with Crippen LogP contribution in [-0.2, 0) is 14.3 Å². The van der Waals surface area contributed by atoms with Crippen LogP contribution in [0.3, 0.4) is 0 Å². The molecular formula is C32H31F27O7. The highest BCUT2D eigenvalue weighted by atomic mass is 19.5. The lowest BCUT2D eigenvalue weighted by Crippen LogP contribution is -2.67. The minimum absolute atomic E-state index is 0.0502. The molecule has 34 heteroatoms. The zero-order valence-corrected chi connectivity index (χ0v) is 32.2. The summed E-state index contributed by atoms with van der Waals surface area (Å²) in [7, 11) is 0. The van der Waals surface area contributed by atoms with E-state index < -0.39 is 182 Å². The van der Waals surface area contributed by atoms with Crippen molar-refractivity contribution in [1.82, 2.24) is 0 Å². The van der Waals surface area contributed by atoms with Crippen LogP contribution in [0.25, 0.3) is 0 Å². The molecule has 7 nitrogen and oxygen atoms in total. The molecule has 0 spiro atoms. The Bertz CT molecular complexity index is 1580. The predicted molar refractivity (Wildman–Crippen MR) is 157 cm³/mol. The molecule has 0 aromatic heterocycles. The number of carbonyl (C=O) groups excluding carboxylic acids is 1. The average Bonchev–Trinajstić information content (AvgIpc) is 3.07. The quantitative estimate of drug-likeness (QED) is 0.0979. The molecular weight excluding hydrogens is 1010 g/mol. The van der Waals surface area contributed by atoms with Gasteiger partial charge < -0.3 is 29.9 Å². The third kappa shape index (κ3) is 10.8. The first-order valence-electron chi connectivity index (χ1n) is 17.8. The summed E-state index contributed by atoms with van der Waals surface area (Å²) in [5.74, 6) is -18.5. The maximum absolute atomic E-state index is 14.3. The Balaban J connectivity index is 2.72. The van der Waals surface area contributed by atoms with Gasteiger partial charge in [-0.1, -0.05) is 0 Å². The van der Waals surface area contributed by atoms with Crippen LogP contribution < -0.4 is 0 Å². The van der Waals surface area contributed by atoms with Crippen molar-refractivity contribution < 1.29 is 153 Å². The predicted octanol–water partition coefficient (Wildman–Crippen LogP) is 10.2. The number of aliphatic hydroxyl groups is 4. The molecule has 0 heterocycles. The molecule has 0 aliphatic heterocycles. The number of hydrogen-bond donors (Lipinski definition) is 4. The Labute approximate surface area is 349 Å². The van der Waals surface area contributed by atoms with Crippen molar-refractivity contribution in [3.8, 4) is 0 Å². The van der Waals surface area contributed by atoms with Crippen LogP contribution in [0.2, 0.25) is 0 Å². The lowest BCUT2D eigenvalue weighted by molar-refractivity contribution is -0.407. The number of ether oxygens (including phenoxy) is 2. The summed E-state index contributed by atoms with van der Waals surface area (Å²) in [4.78, 5) is 12.9. The number of carbonyl (C=O) groups is 1. The first-order chi connectivity index (χ1) is 28.7. The molecule has 2 rings (SSSR count). The van der Waals surface area contributed by atoms with Crippen molar-refractivity contribution in [2.75, 3.05) is 0 Å². The van der Waals surface area contributed by atoms with E-state index in [-0.39, 0.29) is 13.8 Å². The van der Waals surface area contributed by atoms with E-state index in [0.29, 0.717) is 0 Å². The van der Waals surface area contributed by atoms with Gasteiger partial charge in [-0.25, -0.2) is 4.79 Å². The van der Waals surface area contributed by atoms with Crippen molar-refractivity contribution >= 4 is 5.97 Å². The van der Waals surface area contributed by atoms with Gasteiger partial charge in [0, 0.05) is 41.2 Å². The standard InChI is InChI=1S/C32H31F27O7/c1-10(65-16-6-12(20(61,25(36,37)38)26(39,40)41)4-13(7-16)21(62,27(42,43)44)28(45,46)47)3-18(24(33,34)35)11(2)19(60)66-17-8-14(22(63,29(48,49)50)30(51,52)53)5-15(9-17)23(64,31(54,55)56)32(57,58)59/h10,12-17,61-64H,3-9H2,1-2H3/b18-11+. The van der Waals surface area contributed by atoms with E-state index in [1.54, 1.807) is 0 Å². The Kier molecular flexibility index (Phi) is 16.0. The van der Waals surface area contributed by atoms with E-state index in [1.807, 2.05) is 0 Å². The third-order valence-electron chi connectivity index (χ3n) is 11.4. The van der Waals surface area contributed by atoms with Gasteiger partial charge in [0.15, 0.2) is 0 Å². The minimum Gasteiger partial charge on any atom is -0.459 e. The fourth-order valence-electron chi connectivity index (χ4n) is 8.11. The topological polar surface area (TPSA) is 116 Å². The van der Waals surface area contributed by atoms with Crippen molar-refractivity contribution in [3.05, 3.63) is 11.1 Å². The molecule has 2 saturated carbocycles. The normalized spacial score (nSPS) is 25.7. The van der Waals surface area contributed by atoms with Crippen molar-refractivity contribution in [3.63, 3.8) is 0 Å². The summed E-state index contributed by atoms with van der Waals surface area (Å²) in [5, 5.41) is 39.3. The second-order valence-corrected chi connectivity index (χ2v) is 15.7. The van der Waals surface area contributed by atoms with Gasteiger partial charge in [-0.15, -0.1) is 0 Å². The number of hydrogen-bond acceptors (Lipinski definition) is 7. The fourth-order valence-corrected chi connectivity index (χ4v) is 8.11. The van der Waals surface area contributed by atoms with E-state index in [1.165, 1.54) is 0 Å². The van der Waals surface area contributed by atoms with Gasteiger partial charge in [0.05, 0.1) is 12.2 Å². The van der Waals surface area contributed by atoms with Gasteiger partial charge in [-0.2, -0.15) is 119 Å². The molecule has 0 saturated heterocycles. The van der Waals surface area contributed by atoms with Crippen LogP contribution in [0, 0.1) is 23.7 Å². The monoisotopic (exact) mass is 1040 g/mol. The molecule has 66 heavy (non-hydrogen) atoms. The zero-order chi connectivity index (χ0) is 52.6. The Morgan fingerprint density at radius 1 is 0.439 bits per heavy atom. The van der Waals surface area contributed by atoms with Gasteiger partial charge in [0.25, 0.3) is 22.4 Å². The summed E-state index contributed by atoms with van der Waals surface area (Å²) >= 11 is 0. The molecule has 0 radical (unpaired) electrons. The average molecular weight is 1040 g/mol. The van der Waals surface area contributed by atoms with Gasteiger partial charge >= 0.3 is 61.6 Å². The molecule has 0 aromatic rings. The van der Waals surface area contributed by atoms with Gasteiger partial charge in [-0.05, 0) is 52.4 Å². The molecule has 390 valence electrons. The first kappa shape index (κ1) is 59.2. The van der Waals surface area contributed by atoms with Crippen molar-refractivity contribution in [2.45, 2.75) is 155 Å². The first-order valence-corrected chi connectivity index (χ1v) is 17.8. The van der Waals surface area contributed by atoms with E-state index >= 15 is 0 Å². The number of alkyl halides is 27. The van der Waals surface area contributed by atoms with Gasteiger partial charge in [-0.3, -0.25) is 0 Å². The Morgan fingerprint density at radius 2 is 0.667 bits per heavy atom. The maximum Gasteiger partial charge on any atom is 0.426 e. The number of esters is 1. The summed E-state index contributed by atoms with van der Waals surface area (Å²) in [6.45, 7) is 0.231. The zero-order valence-electron chi connectivity index (χ0n) is 32.2. The van der Waals surface area contributed by atoms with E-state index in [2.05, 4.69) is 4.74 Å². The summed E-state index contributed by atoms with van der Waals surface area (Å²) in [6, 6.07) is 0. The lowest BCUT2D eigenvalue weighted by atomic mass is 9.65. The third-order valence-corrected chi connectivity index (χ3v) is 11.4. The van der Waals surface area contributed by atoms with Crippen LogP contribution in [0.15, 0.2) is 11.1 Å². The van der Waals surface area contributed by atoms with Crippen LogP contribution in [-0.4, -0.2) is 123 Å². The molecule has 4 N–H and O–H groups in total. The highest BCUT2D eigenvalue weighted by Crippen LogP contribution is 2.60. The van der Waals surface area contributed by atoms with Crippen LogP contribution in [0.5, 0.6) is 0 Å². The summed E-state index contributed by atoms with van der Waals surface area (Å²) < 4.78 is 382. The van der Waals surface area contributed by atoms with Crippen LogP contribution >= 0.6 is 0 Å². The Hall–Kier alpha value is -2.88. The Morgan fingerprint density at radius 3 is 0.879 bits per heavy atom. The SMILES string of the molecule is C/C(C(=O)OC1CC(C(O)(C(F)(F)F)C(F)(F)F)CC(C(O)(C(F)(F)F)C(F)(F)F)C1)=C(/CC(C)OC1CC(C(O)(C(F)(F)F)C(F)(F)F)CC(C(O)(C(F)(F)F)C(F)(F)F)C1)C(F)(F)F. The maximum atomic E-state index is 14.3. The molecule has 2 fully saturated rings. The molecule has 2 aliphatic carbocycles. The summed E-state index contributed by atoms with van der Waals surface area (Å²) in [6.07, 6.45) is -87.3. The smallest absolute Gasteiger partial charge is 0.426 e. The van der Waals surface area contributed by atoms with Crippen LogP contribution in [0.4, 0.5) is 119 Å².